The van der Waals surface area contributed by atoms with E-state index in [1.165, 1.54) is 4.90 Å². The zero-order valence-electron chi connectivity index (χ0n) is 15.8. The first-order valence-corrected chi connectivity index (χ1v) is 9.76. The number of piperidine rings is 1. The molecule has 2 aromatic carbocycles. The van der Waals surface area contributed by atoms with E-state index in [1.54, 1.807) is 24.3 Å². The van der Waals surface area contributed by atoms with Crippen molar-refractivity contribution in [3.05, 3.63) is 82.7 Å². The Morgan fingerprint density at radius 3 is 2.00 bits per heavy atom. The molecule has 2 heterocycles. The molecule has 0 aromatic heterocycles. The predicted molar refractivity (Wildman–Crippen MR) is 107 cm³/mol. The fourth-order valence-corrected chi connectivity index (χ4v) is 4.25. The fourth-order valence-electron chi connectivity index (χ4n) is 4.25. The summed E-state index contributed by atoms with van der Waals surface area (Å²) >= 11 is 0. The molecule has 0 spiro atoms. The van der Waals surface area contributed by atoms with Crippen LogP contribution in [0.5, 0.6) is 0 Å². The normalized spacial score (nSPS) is 18.8. The number of amides is 2. The van der Waals surface area contributed by atoms with E-state index in [2.05, 4.69) is 21.9 Å². The minimum atomic E-state index is -0.416. The van der Waals surface area contributed by atoms with Gasteiger partial charge < -0.3 is 9.74 Å². The van der Waals surface area contributed by atoms with Crippen LogP contribution in [0.15, 0.2) is 54.6 Å². The van der Waals surface area contributed by atoms with Gasteiger partial charge in [0.2, 0.25) is 0 Å². The Balaban J connectivity index is 1.31. The van der Waals surface area contributed by atoms with Gasteiger partial charge in [0, 0.05) is 38.0 Å². The summed E-state index contributed by atoms with van der Waals surface area (Å²) in [6.45, 7) is 10.7. The lowest BCUT2D eigenvalue weighted by atomic mass is 9.81. The summed E-state index contributed by atoms with van der Waals surface area (Å²) in [6.07, 6.45) is 2.38. The quantitative estimate of drug-likeness (QED) is 0.594. The Hall–Kier alpha value is -2.97. The van der Waals surface area contributed by atoms with Crippen LogP contribution in [-0.2, 0) is 5.54 Å². The molecule has 1 saturated heterocycles. The van der Waals surface area contributed by atoms with Crippen molar-refractivity contribution in [3.63, 3.8) is 0 Å². The average Bonchev–Trinajstić information content (AvgIpc) is 3.00. The first kappa shape index (κ1) is 18.4. The van der Waals surface area contributed by atoms with Crippen molar-refractivity contribution < 1.29 is 9.59 Å². The van der Waals surface area contributed by atoms with Gasteiger partial charge in [0.1, 0.15) is 0 Å². The van der Waals surface area contributed by atoms with E-state index in [-0.39, 0.29) is 11.8 Å². The van der Waals surface area contributed by atoms with E-state index in [4.69, 9.17) is 6.57 Å². The van der Waals surface area contributed by atoms with Gasteiger partial charge in [0.15, 0.2) is 0 Å². The number of carbonyl (C=O) groups excluding carboxylic acids is 2. The van der Waals surface area contributed by atoms with Crippen molar-refractivity contribution in [2.75, 3.05) is 26.2 Å². The third-order valence-corrected chi connectivity index (χ3v) is 5.94. The van der Waals surface area contributed by atoms with Crippen molar-refractivity contribution in [1.82, 2.24) is 9.80 Å². The van der Waals surface area contributed by atoms with Crippen LogP contribution in [-0.4, -0.2) is 47.8 Å². The van der Waals surface area contributed by atoms with E-state index in [0.717, 1.165) is 44.5 Å². The SMILES string of the molecule is [C-]#[N+]C1(c2ccccc2)CCN(CCCN2C(=O)c3ccccc3C2=O)CC1. The molecule has 5 nitrogen and oxygen atoms in total. The Labute approximate surface area is 165 Å². The second-order valence-electron chi connectivity index (χ2n) is 7.51. The monoisotopic (exact) mass is 373 g/mol. The van der Waals surface area contributed by atoms with Crippen molar-refractivity contribution in [2.45, 2.75) is 24.8 Å². The zero-order valence-corrected chi connectivity index (χ0v) is 15.8. The van der Waals surface area contributed by atoms with Crippen LogP contribution in [0.2, 0.25) is 0 Å². The molecule has 1 fully saturated rings. The van der Waals surface area contributed by atoms with Crippen LogP contribution < -0.4 is 0 Å². The molecule has 0 N–H and O–H groups in total. The van der Waals surface area contributed by atoms with Crippen LogP contribution in [0.25, 0.3) is 4.85 Å². The number of imide groups is 1. The van der Waals surface area contributed by atoms with Crippen LogP contribution in [0, 0.1) is 6.57 Å². The topological polar surface area (TPSA) is 45.0 Å². The molecule has 2 aromatic rings. The number of hydrogen-bond acceptors (Lipinski definition) is 3. The fraction of sp³-hybridized carbons (Fsp3) is 0.348. The van der Waals surface area contributed by atoms with E-state index >= 15 is 0 Å². The van der Waals surface area contributed by atoms with Gasteiger partial charge in [-0.25, -0.2) is 6.57 Å². The third-order valence-electron chi connectivity index (χ3n) is 5.94. The van der Waals surface area contributed by atoms with Crippen molar-refractivity contribution in [3.8, 4) is 0 Å². The Morgan fingerprint density at radius 2 is 1.43 bits per heavy atom. The molecule has 4 rings (SSSR count). The van der Waals surface area contributed by atoms with Gasteiger partial charge in [-0.2, -0.15) is 0 Å². The molecule has 0 aliphatic carbocycles. The molecule has 2 aliphatic rings. The van der Waals surface area contributed by atoms with Crippen molar-refractivity contribution in [1.29, 1.82) is 0 Å². The highest BCUT2D eigenvalue weighted by Crippen LogP contribution is 2.37. The van der Waals surface area contributed by atoms with Crippen LogP contribution in [0.1, 0.15) is 45.5 Å². The Bertz CT molecular complexity index is 889. The van der Waals surface area contributed by atoms with Crippen molar-refractivity contribution in [2.24, 2.45) is 0 Å². The Kier molecular flexibility index (Phi) is 4.97. The summed E-state index contributed by atoms with van der Waals surface area (Å²) in [5, 5.41) is 0. The first-order valence-electron chi connectivity index (χ1n) is 9.76. The number of nitrogens with zero attached hydrogens (tertiary/aromatic N) is 3. The summed E-state index contributed by atoms with van der Waals surface area (Å²) in [7, 11) is 0. The molecular formula is C23H23N3O2. The molecule has 0 atom stereocenters. The number of fused-ring (bicyclic) bond motifs is 1. The number of carbonyl (C=O) groups is 2. The molecule has 0 bridgehead atoms. The highest BCUT2D eigenvalue weighted by atomic mass is 16.2. The summed E-state index contributed by atoms with van der Waals surface area (Å²) in [5.41, 5.74) is 1.71. The minimum Gasteiger partial charge on any atom is -0.305 e. The molecule has 142 valence electrons. The molecule has 28 heavy (non-hydrogen) atoms. The van der Waals surface area contributed by atoms with Gasteiger partial charge in [-0.05, 0) is 25.1 Å². The summed E-state index contributed by atoms with van der Waals surface area (Å²) < 4.78 is 0. The van der Waals surface area contributed by atoms with Gasteiger partial charge in [-0.3, -0.25) is 14.5 Å². The predicted octanol–water partition coefficient (Wildman–Crippen LogP) is 3.58. The van der Waals surface area contributed by atoms with E-state index in [9.17, 15) is 9.59 Å². The number of likely N-dealkylation sites (tertiary alicyclic amines) is 1. The van der Waals surface area contributed by atoms with Crippen LogP contribution >= 0.6 is 0 Å². The zero-order chi connectivity index (χ0) is 19.6. The summed E-state index contributed by atoms with van der Waals surface area (Å²) in [5.74, 6) is -0.370. The molecule has 0 unspecified atom stereocenters. The standard InChI is InChI=1S/C23H23N3O2/c1-24-23(18-8-3-2-4-9-18)12-16-25(17-13-23)14-7-15-26-21(27)19-10-5-6-11-20(19)22(26)28/h2-6,8-11H,7,12-17H2. The first-order chi connectivity index (χ1) is 13.6. The van der Waals surface area contributed by atoms with Gasteiger partial charge >= 0.3 is 0 Å². The smallest absolute Gasteiger partial charge is 0.261 e. The Morgan fingerprint density at radius 1 is 0.857 bits per heavy atom. The van der Waals surface area contributed by atoms with Crippen LogP contribution in [0.3, 0.4) is 0 Å². The third kappa shape index (κ3) is 3.21. The number of rotatable bonds is 5. The van der Waals surface area contributed by atoms with Crippen LogP contribution in [0.4, 0.5) is 0 Å². The maximum absolute atomic E-state index is 12.4. The summed E-state index contributed by atoms with van der Waals surface area (Å²) in [4.78, 5) is 32.6. The van der Waals surface area contributed by atoms with E-state index < -0.39 is 5.54 Å². The van der Waals surface area contributed by atoms with Gasteiger partial charge in [-0.15, -0.1) is 0 Å². The molecular weight excluding hydrogens is 350 g/mol. The van der Waals surface area contributed by atoms with E-state index in [0.29, 0.717) is 17.7 Å². The molecule has 0 saturated carbocycles. The molecule has 2 amide bonds. The second-order valence-corrected chi connectivity index (χ2v) is 7.51. The lowest BCUT2D eigenvalue weighted by molar-refractivity contribution is 0.0644. The number of benzene rings is 2. The lowest BCUT2D eigenvalue weighted by Gasteiger charge is -2.34. The van der Waals surface area contributed by atoms with Gasteiger partial charge in [0.05, 0.1) is 11.1 Å². The summed E-state index contributed by atoms with van der Waals surface area (Å²) in [6, 6.07) is 17.1. The number of hydrogen-bond donors (Lipinski definition) is 0. The maximum atomic E-state index is 12.4. The van der Waals surface area contributed by atoms with Gasteiger partial charge in [0.25, 0.3) is 17.4 Å². The molecule has 0 radical (unpaired) electrons. The minimum absolute atomic E-state index is 0.185. The second kappa shape index (κ2) is 7.57. The van der Waals surface area contributed by atoms with Crippen molar-refractivity contribution >= 4 is 11.8 Å². The highest BCUT2D eigenvalue weighted by molar-refractivity contribution is 6.21. The highest BCUT2D eigenvalue weighted by Gasteiger charge is 2.42. The van der Waals surface area contributed by atoms with Gasteiger partial charge in [-0.1, -0.05) is 42.5 Å². The lowest BCUT2D eigenvalue weighted by Crippen LogP contribution is -2.42. The average molecular weight is 373 g/mol. The largest absolute Gasteiger partial charge is 0.305 e. The molecule has 5 heteroatoms. The maximum Gasteiger partial charge on any atom is 0.261 e. The molecule has 2 aliphatic heterocycles. The van der Waals surface area contributed by atoms with E-state index in [1.807, 2.05) is 18.2 Å².